The predicted octanol–water partition coefficient (Wildman–Crippen LogP) is 1.38. The lowest BCUT2D eigenvalue weighted by Crippen LogP contribution is -2.40. The summed E-state index contributed by atoms with van der Waals surface area (Å²) >= 11 is 1.17. The van der Waals surface area contributed by atoms with E-state index in [0.717, 1.165) is 18.5 Å². The number of nitrogens with zero attached hydrogens (tertiary/aromatic N) is 5. The molecule has 26 heavy (non-hydrogen) atoms. The third-order valence-corrected chi connectivity index (χ3v) is 5.27. The van der Waals surface area contributed by atoms with E-state index < -0.39 is 0 Å². The van der Waals surface area contributed by atoms with Crippen molar-refractivity contribution in [1.29, 1.82) is 0 Å². The number of hydrogen-bond acceptors (Lipinski definition) is 7. The van der Waals surface area contributed by atoms with Crippen LogP contribution in [0.3, 0.4) is 0 Å². The lowest BCUT2D eigenvalue weighted by Gasteiger charge is -2.27. The average molecular weight is 373 g/mol. The molecule has 0 saturated carbocycles. The highest BCUT2D eigenvalue weighted by Gasteiger charge is 2.32. The summed E-state index contributed by atoms with van der Waals surface area (Å²) < 4.78 is 9.05. The van der Waals surface area contributed by atoms with Crippen LogP contribution >= 0.6 is 11.5 Å². The van der Waals surface area contributed by atoms with Crippen molar-refractivity contribution in [3.8, 4) is 0 Å². The van der Waals surface area contributed by atoms with Gasteiger partial charge in [-0.05, 0) is 36.5 Å². The summed E-state index contributed by atoms with van der Waals surface area (Å²) in [6.07, 6.45) is 3.38. The van der Waals surface area contributed by atoms with Gasteiger partial charge in [-0.2, -0.15) is 0 Å². The molecule has 9 heteroatoms. The molecule has 8 nitrogen and oxygen atoms in total. The van der Waals surface area contributed by atoms with Gasteiger partial charge in [-0.25, -0.2) is 0 Å². The van der Waals surface area contributed by atoms with Gasteiger partial charge in [0.15, 0.2) is 5.69 Å². The molecule has 2 amide bonds. The van der Waals surface area contributed by atoms with Gasteiger partial charge in [-0.3, -0.25) is 14.6 Å². The summed E-state index contributed by atoms with van der Waals surface area (Å²) in [6.45, 7) is 3.03. The number of morpholine rings is 1. The molecule has 0 bridgehead atoms. The van der Waals surface area contributed by atoms with E-state index >= 15 is 0 Å². The minimum atomic E-state index is -0.114. The molecular formula is C17H19N5O3S. The molecule has 2 aliphatic heterocycles. The molecule has 0 radical (unpaired) electrons. The normalized spacial score (nSPS) is 20.4. The Labute approximate surface area is 154 Å². The fourth-order valence-electron chi connectivity index (χ4n) is 3.40. The molecule has 2 aliphatic rings. The zero-order valence-electron chi connectivity index (χ0n) is 14.2. The van der Waals surface area contributed by atoms with Gasteiger partial charge in [0.05, 0.1) is 30.5 Å². The van der Waals surface area contributed by atoms with Crippen LogP contribution in [0.4, 0.5) is 0 Å². The molecule has 0 N–H and O–H groups in total. The van der Waals surface area contributed by atoms with E-state index in [1.165, 1.54) is 11.5 Å². The Morgan fingerprint density at radius 3 is 2.69 bits per heavy atom. The highest BCUT2D eigenvalue weighted by atomic mass is 32.1. The number of rotatable bonds is 3. The second-order valence-corrected chi connectivity index (χ2v) is 6.93. The van der Waals surface area contributed by atoms with Crippen LogP contribution in [-0.4, -0.2) is 69.0 Å². The van der Waals surface area contributed by atoms with E-state index in [4.69, 9.17) is 4.74 Å². The maximum absolute atomic E-state index is 12.6. The SMILES string of the molecule is O=C(c1ccc([C@@H]2CCCN2C(=O)c2csnn2)nc1)N1CCOCC1. The largest absolute Gasteiger partial charge is 0.378 e. The number of carbonyl (C=O) groups excluding carboxylic acids is 2. The minimum absolute atomic E-state index is 0.0275. The zero-order valence-corrected chi connectivity index (χ0v) is 15.0. The van der Waals surface area contributed by atoms with Crippen LogP contribution in [0.5, 0.6) is 0 Å². The molecule has 2 saturated heterocycles. The predicted molar refractivity (Wildman–Crippen MR) is 93.9 cm³/mol. The molecule has 1 atom stereocenters. The standard InChI is InChI=1S/C17H19N5O3S/c23-16(21-6-8-25-9-7-21)12-3-4-13(18-10-12)15-2-1-5-22(15)17(24)14-11-26-20-19-14/h3-4,10-11,15H,1-2,5-9H2/t15-/m0/s1. The smallest absolute Gasteiger partial charge is 0.275 e. The van der Waals surface area contributed by atoms with Crippen molar-refractivity contribution < 1.29 is 14.3 Å². The topological polar surface area (TPSA) is 88.5 Å². The van der Waals surface area contributed by atoms with Crippen molar-refractivity contribution in [2.45, 2.75) is 18.9 Å². The van der Waals surface area contributed by atoms with E-state index in [9.17, 15) is 9.59 Å². The number of ether oxygens (including phenoxy) is 1. The van der Waals surface area contributed by atoms with Gasteiger partial charge in [0.1, 0.15) is 0 Å². The maximum Gasteiger partial charge on any atom is 0.275 e. The van der Waals surface area contributed by atoms with Crippen LogP contribution in [0.1, 0.15) is 45.4 Å². The third kappa shape index (κ3) is 3.32. The van der Waals surface area contributed by atoms with Gasteiger partial charge in [0, 0.05) is 31.2 Å². The molecule has 2 fully saturated rings. The highest BCUT2D eigenvalue weighted by molar-refractivity contribution is 7.03. The summed E-state index contributed by atoms with van der Waals surface area (Å²) in [5.74, 6) is -0.142. The van der Waals surface area contributed by atoms with E-state index in [2.05, 4.69) is 14.6 Å². The van der Waals surface area contributed by atoms with Crippen molar-refractivity contribution in [2.24, 2.45) is 0 Å². The molecule has 0 aliphatic carbocycles. The first-order chi connectivity index (χ1) is 12.7. The number of likely N-dealkylation sites (tertiary alicyclic amines) is 1. The lowest BCUT2D eigenvalue weighted by atomic mass is 10.1. The Hall–Kier alpha value is -2.39. The summed E-state index contributed by atoms with van der Waals surface area (Å²) in [6, 6.07) is 3.56. The third-order valence-electron chi connectivity index (χ3n) is 4.77. The fourth-order valence-corrected chi connectivity index (χ4v) is 3.83. The first-order valence-electron chi connectivity index (χ1n) is 8.65. The van der Waals surface area contributed by atoms with E-state index in [0.29, 0.717) is 44.1 Å². The molecule has 2 aromatic rings. The Morgan fingerprint density at radius 2 is 2.00 bits per heavy atom. The number of amides is 2. The van der Waals surface area contributed by atoms with Crippen molar-refractivity contribution in [3.05, 3.63) is 40.7 Å². The quantitative estimate of drug-likeness (QED) is 0.808. The summed E-state index contributed by atoms with van der Waals surface area (Å²) in [5.41, 5.74) is 1.74. The molecule has 136 valence electrons. The van der Waals surface area contributed by atoms with E-state index in [1.807, 2.05) is 6.07 Å². The number of aromatic nitrogens is 3. The maximum atomic E-state index is 12.6. The van der Waals surface area contributed by atoms with Crippen molar-refractivity contribution >= 4 is 23.3 Å². The Balaban J connectivity index is 1.49. The van der Waals surface area contributed by atoms with Crippen LogP contribution in [0.2, 0.25) is 0 Å². The van der Waals surface area contributed by atoms with Gasteiger partial charge in [-0.15, -0.1) is 5.10 Å². The van der Waals surface area contributed by atoms with Gasteiger partial charge in [-0.1, -0.05) is 4.49 Å². The zero-order chi connectivity index (χ0) is 17.9. The lowest BCUT2D eigenvalue weighted by molar-refractivity contribution is 0.0302. The number of carbonyl (C=O) groups is 2. The van der Waals surface area contributed by atoms with Gasteiger partial charge in [0.25, 0.3) is 11.8 Å². The molecule has 4 heterocycles. The monoisotopic (exact) mass is 373 g/mol. The molecule has 4 rings (SSSR count). The summed E-state index contributed by atoms with van der Waals surface area (Å²) in [7, 11) is 0. The van der Waals surface area contributed by atoms with Crippen molar-refractivity contribution in [2.75, 3.05) is 32.8 Å². The Morgan fingerprint density at radius 1 is 1.15 bits per heavy atom. The second-order valence-electron chi connectivity index (χ2n) is 6.32. The van der Waals surface area contributed by atoms with Crippen LogP contribution in [0.15, 0.2) is 23.7 Å². The molecule has 0 unspecified atom stereocenters. The summed E-state index contributed by atoms with van der Waals surface area (Å²) in [4.78, 5) is 33.2. The molecule has 2 aromatic heterocycles. The van der Waals surface area contributed by atoms with Crippen molar-refractivity contribution in [1.82, 2.24) is 24.4 Å². The van der Waals surface area contributed by atoms with Gasteiger partial charge < -0.3 is 14.5 Å². The number of hydrogen-bond donors (Lipinski definition) is 0. The van der Waals surface area contributed by atoms with E-state index in [-0.39, 0.29) is 17.9 Å². The summed E-state index contributed by atoms with van der Waals surface area (Å²) in [5, 5.41) is 5.54. The number of pyridine rings is 1. The van der Waals surface area contributed by atoms with Crippen LogP contribution in [-0.2, 0) is 4.74 Å². The Kier molecular flexibility index (Phi) is 4.89. The molecule has 0 spiro atoms. The van der Waals surface area contributed by atoms with Gasteiger partial charge >= 0.3 is 0 Å². The second kappa shape index (κ2) is 7.46. The fraction of sp³-hybridized carbons (Fsp3) is 0.471. The van der Waals surface area contributed by atoms with Crippen LogP contribution < -0.4 is 0 Å². The first-order valence-corrected chi connectivity index (χ1v) is 9.48. The Bertz CT molecular complexity index is 774. The highest BCUT2D eigenvalue weighted by Crippen LogP contribution is 2.32. The van der Waals surface area contributed by atoms with Crippen LogP contribution in [0.25, 0.3) is 0 Å². The molecule has 0 aromatic carbocycles. The van der Waals surface area contributed by atoms with Crippen LogP contribution in [0, 0.1) is 0 Å². The minimum Gasteiger partial charge on any atom is -0.378 e. The first kappa shape index (κ1) is 17.0. The van der Waals surface area contributed by atoms with Crippen molar-refractivity contribution in [3.63, 3.8) is 0 Å². The molecular weight excluding hydrogens is 354 g/mol. The average Bonchev–Trinajstić information content (AvgIpc) is 3.40. The van der Waals surface area contributed by atoms with Gasteiger partial charge in [0.2, 0.25) is 0 Å². The van der Waals surface area contributed by atoms with E-state index in [1.54, 1.807) is 27.4 Å².